The molecule has 0 spiro atoms. The number of ether oxygens (including phenoxy) is 1. The lowest BCUT2D eigenvalue weighted by molar-refractivity contribution is -0.142. The number of hydrogen-bond acceptors (Lipinski definition) is 2. The molecule has 0 radical (unpaired) electrons. The maximum atomic E-state index is 11.3. The summed E-state index contributed by atoms with van der Waals surface area (Å²) < 4.78 is 5.15. The first kappa shape index (κ1) is 13.0. The molecule has 0 bridgehead atoms. The minimum absolute atomic E-state index is 0.101. The Morgan fingerprint density at radius 3 is 2.56 bits per heavy atom. The van der Waals surface area contributed by atoms with Crippen LogP contribution in [-0.4, -0.2) is 12.6 Å². The van der Waals surface area contributed by atoms with E-state index in [1.807, 2.05) is 6.08 Å². The summed E-state index contributed by atoms with van der Waals surface area (Å²) in [5, 5.41) is 0. The van der Waals surface area contributed by atoms with Gasteiger partial charge in [0.15, 0.2) is 0 Å². The lowest BCUT2D eigenvalue weighted by Crippen LogP contribution is -2.07. The third-order valence-corrected chi connectivity index (χ3v) is 2.82. The maximum Gasteiger partial charge on any atom is 0.309 e. The number of rotatable bonds is 0. The predicted octanol–water partition coefficient (Wildman–Crippen LogP) is 3.63. The predicted molar refractivity (Wildman–Crippen MR) is 66.1 cm³/mol. The first-order valence-corrected chi connectivity index (χ1v) is 6.24. The fourth-order valence-corrected chi connectivity index (χ4v) is 1.68. The Morgan fingerprint density at radius 2 is 1.75 bits per heavy atom. The molecule has 0 aromatic carbocycles. The second kappa shape index (κ2) is 8.14. The number of hydrogen-bond donors (Lipinski definition) is 0. The third-order valence-electron chi connectivity index (χ3n) is 2.82. The SMILES string of the molecule is CC1CCC=CCC/C=C/CC(=O)OCC1. The molecule has 2 nitrogen and oxygen atoms in total. The molecule has 2 heteroatoms. The molecule has 1 unspecified atom stereocenters. The molecule has 0 fully saturated rings. The van der Waals surface area contributed by atoms with Gasteiger partial charge in [-0.1, -0.05) is 31.2 Å². The third kappa shape index (κ3) is 6.44. The highest BCUT2D eigenvalue weighted by molar-refractivity contribution is 5.71. The Morgan fingerprint density at radius 1 is 1.06 bits per heavy atom. The zero-order valence-electron chi connectivity index (χ0n) is 10.2. The first-order valence-electron chi connectivity index (χ1n) is 6.24. The van der Waals surface area contributed by atoms with Crippen LogP contribution in [0.4, 0.5) is 0 Å². The average molecular weight is 222 g/mol. The van der Waals surface area contributed by atoms with Crippen molar-refractivity contribution < 1.29 is 9.53 Å². The fourth-order valence-electron chi connectivity index (χ4n) is 1.68. The van der Waals surface area contributed by atoms with Crippen molar-refractivity contribution in [2.75, 3.05) is 6.61 Å². The Balaban J connectivity index is 2.38. The van der Waals surface area contributed by atoms with Crippen LogP contribution in [0.1, 0.15) is 45.4 Å². The molecule has 0 aromatic heterocycles. The minimum Gasteiger partial charge on any atom is -0.465 e. The molecule has 16 heavy (non-hydrogen) atoms. The highest BCUT2D eigenvalue weighted by Gasteiger charge is 2.04. The smallest absolute Gasteiger partial charge is 0.309 e. The van der Waals surface area contributed by atoms with E-state index in [4.69, 9.17) is 4.74 Å². The van der Waals surface area contributed by atoms with Crippen LogP contribution in [0.2, 0.25) is 0 Å². The van der Waals surface area contributed by atoms with Crippen molar-refractivity contribution in [2.24, 2.45) is 5.92 Å². The lowest BCUT2D eigenvalue weighted by Gasteiger charge is -2.10. The fraction of sp³-hybridized carbons (Fsp3) is 0.643. The van der Waals surface area contributed by atoms with Crippen LogP contribution in [0.5, 0.6) is 0 Å². The summed E-state index contributed by atoms with van der Waals surface area (Å²) in [7, 11) is 0. The number of allylic oxidation sites excluding steroid dienone is 3. The van der Waals surface area contributed by atoms with Gasteiger partial charge in [-0.3, -0.25) is 4.79 Å². The van der Waals surface area contributed by atoms with E-state index in [1.54, 1.807) is 0 Å². The molecule has 0 aliphatic carbocycles. The Kier molecular flexibility index (Phi) is 6.62. The molecule has 0 N–H and O–H groups in total. The molecular weight excluding hydrogens is 200 g/mol. The molecule has 1 atom stereocenters. The molecule has 1 aliphatic heterocycles. The number of carbonyl (C=O) groups excluding carboxylic acids is 1. The van der Waals surface area contributed by atoms with Crippen molar-refractivity contribution in [3.05, 3.63) is 24.3 Å². The number of carbonyl (C=O) groups is 1. The molecule has 1 heterocycles. The van der Waals surface area contributed by atoms with Crippen LogP contribution in [-0.2, 0) is 9.53 Å². The number of cyclic esters (lactones) is 1. The van der Waals surface area contributed by atoms with Crippen LogP contribution < -0.4 is 0 Å². The molecular formula is C14H22O2. The van der Waals surface area contributed by atoms with Crippen LogP contribution in [0.3, 0.4) is 0 Å². The van der Waals surface area contributed by atoms with Crippen molar-refractivity contribution >= 4 is 5.97 Å². The number of esters is 1. The van der Waals surface area contributed by atoms with E-state index in [1.165, 1.54) is 6.42 Å². The van der Waals surface area contributed by atoms with Gasteiger partial charge in [0, 0.05) is 0 Å². The highest BCUT2D eigenvalue weighted by Crippen LogP contribution is 2.11. The van der Waals surface area contributed by atoms with Crippen molar-refractivity contribution in [1.82, 2.24) is 0 Å². The minimum atomic E-state index is -0.101. The zero-order chi connectivity index (χ0) is 11.6. The molecule has 1 aliphatic rings. The van der Waals surface area contributed by atoms with Gasteiger partial charge in [-0.15, -0.1) is 0 Å². The van der Waals surface area contributed by atoms with Crippen molar-refractivity contribution in [3.8, 4) is 0 Å². The van der Waals surface area contributed by atoms with Crippen LogP contribution in [0.25, 0.3) is 0 Å². The molecule has 0 saturated heterocycles. The Hall–Kier alpha value is -1.05. The quantitative estimate of drug-likeness (QED) is 0.462. The summed E-state index contributed by atoms with van der Waals surface area (Å²) in [6, 6.07) is 0. The van der Waals surface area contributed by atoms with Gasteiger partial charge in [0.25, 0.3) is 0 Å². The zero-order valence-corrected chi connectivity index (χ0v) is 10.2. The van der Waals surface area contributed by atoms with Crippen molar-refractivity contribution in [3.63, 3.8) is 0 Å². The molecule has 0 amide bonds. The summed E-state index contributed by atoms with van der Waals surface area (Å²) in [6.07, 6.45) is 14.3. The summed E-state index contributed by atoms with van der Waals surface area (Å²) in [5.41, 5.74) is 0. The maximum absolute atomic E-state index is 11.3. The Bertz CT molecular complexity index is 253. The topological polar surface area (TPSA) is 26.3 Å². The van der Waals surface area contributed by atoms with E-state index in [2.05, 4.69) is 25.2 Å². The van der Waals surface area contributed by atoms with Gasteiger partial charge >= 0.3 is 5.97 Å². The molecule has 1 rings (SSSR count). The summed E-state index contributed by atoms with van der Waals surface area (Å²) in [4.78, 5) is 11.3. The van der Waals surface area contributed by atoms with Gasteiger partial charge in [-0.2, -0.15) is 0 Å². The standard InChI is InChI=1S/C14H22O2/c1-13-9-7-5-3-2-4-6-8-10-14(15)16-12-11-13/h3,5-6,8,13H,2,4,7,9-12H2,1H3/b5-3?,8-6+. The van der Waals surface area contributed by atoms with E-state index in [0.717, 1.165) is 25.7 Å². The second-order valence-corrected chi connectivity index (χ2v) is 4.42. The van der Waals surface area contributed by atoms with Gasteiger partial charge in [-0.05, 0) is 38.0 Å². The summed E-state index contributed by atoms with van der Waals surface area (Å²) >= 11 is 0. The van der Waals surface area contributed by atoms with Gasteiger partial charge in [-0.25, -0.2) is 0 Å². The van der Waals surface area contributed by atoms with Crippen LogP contribution in [0.15, 0.2) is 24.3 Å². The van der Waals surface area contributed by atoms with Crippen LogP contribution >= 0.6 is 0 Å². The normalized spacial score (nSPS) is 26.8. The second-order valence-electron chi connectivity index (χ2n) is 4.42. The summed E-state index contributed by atoms with van der Waals surface area (Å²) in [6.45, 7) is 2.78. The van der Waals surface area contributed by atoms with Crippen molar-refractivity contribution in [1.29, 1.82) is 0 Å². The van der Waals surface area contributed by atoms with Gasteiger partial charge in [0.2, 0.25) is 0 Å². The molecule has 90 valence electrons. The van der Waals surface area contributed by atoms with Crippen molar-refractivity contribution in [2.45, 2.75) is 45.4 Å². The van der Waals surface area contributed by atoms with Crippen LogP contribution in [0, 0.1) is 5.92 Å². The van der Waals surface area contributed by atoms with Gasteiger partial charge < -0.3 is 4.74 Å². The van der Waals surface area contributed by atoms with E-state index in [0.29, 0.717) is 18.9 Å². The van der Waals surface area contributed by atoms with E-state index in [9.17, 15) is 4.79 Å². The van der Waals surface area contributed by atoms with Gasteiger partial charge in [0.05, 0.1) is 13.0 Å². The lowest BCUT2D eigenvalue weighted by atomic mass is 10.0. The first-order chi connectivity index (χ1) is 7.79. The van der Waals surface area contributed by atoms with E-state index >= 15 is 0 Å². The summed E-state index contributed by atoms with van der Waals surface area (Å²) in [5.74, 6) is 0.534. The molecule has 0 aromatic rings. The largest absolute Gasteiger partial charge is 0.465 e. The van der Waals surface area contributed by atoms with E-state index < -0.39 is 0 Å². The average Bonchev–Trinajstić information content (AvgIpc) is 2.26. The highest BCUT2D eigenvalue weighted by atomic mass is 16.5. The van der Waals surface area contributed by atoms with Gasteiger partial charge in [0.1, 0.15) is 0 Å². The molecule has 0 saturated carbocycles. The van der Waals surface area contributed by atoms with E-state index in [-0.39, 0.29) is 5.97 Å². The Labute approximate surface area is 98.4 Å². The monoisotopic (exact) mass is 222 g/mol.